The average molecular weight is 469 g/mol. The number of methoxy groups -OCH3 is 1. The van der Waals surface area contributed by atoms with Crippen LogP contribution in [0.1, 0.15) is 43.5 Å². The van der Waals surface area contributed by atoms with Crippen molar-refractivity contribution >= 4 is 11.8 Å². The second-order valence-electron chi connectivity index (χ2n) is 9.05. The molecular weight excluding hydrogens is 432 g/mol. The summed E-state index contributed by atoms with van der Waals surface area (Å²) in [5.74, 6) is 1.92. The molecule has 0 fully saturated rings. The quantitative estimate of drug-likeness (QED) is 0.634. The Morgan fingerprint density at radius 2 is 1.74 bits per heavy atom. The first-order valence-electron chi connectivity index (χ1n) is 11.9. The van der Waals surface area contributed by atoms with E-state index in [0.717, 1.165) is 19.3 Å². The van der Waals surface area contributed by atoms with Crippen molar-refractivity contribution in [3.05, 3.63) is 54.1 Å². The fourth-order valence-corrected chi connectivity index (χ4v) is 4.19. The van der Waals surface area contributed by atoms with Crippen LogP contribution in [0.4, 0.5) is 0 Å². The molecule has 0 N–H and O–H groups in total. The maximum atomic E-state index is 13.4. The highest BCUT2D eigenvalue weighted by Gasteiger charge is 2.27. The first-order valence-corrected chi connectivity index (χ1v) is 11.9. The summed E-state index contributed by atoms with van der Waals surface area (Å²) in [5, 5.41) is 0. The van der Waals surface area contributed by atoms with Crippen LogP contribution in [-0.4, -0.2) is 68.1 Å². The molecule has 2 aromatic rings. The molecule has 0 aliphatic carbocycles. The summed E-state index contributed by atoms with van der Waals surface area (Å²) in [6.07, 6.45) is 2.38. The zero-order valence-electron chi connectivity index (χ0n) is 20.7. The number of hydrogen-bond acceptors (Lipinski definition) is 5. The number of para-hydroxylation sites is 3. The van der Waals surface area contributed by atoms with Crippen molar-refractivity contribution in [2.75, 3.05) is 40.5 Å². The van der Waals surface area contributed by atoms with Crippen molar-refractivity contribution in [1.29, 1.82) is 0 Å². The molecule has 2 aromatic carbocycles. The van der Waals surface area contributed by atoms with E-state index in [1.54, 1.807) is 37.3 Å². The molecule has 0 unspecified atom stereocenters. The van der Waals surface area contributed by atoms with Crippen LogP contribution in [0.2, 0.25) is 0 Å². The SMILES string of the molecule is COc1ccccc1OCC(=O)N1CCCCN(C)C(=O)c2ccccc2OC[C@@H]1CC(C)C. The fraction of sp³-hybridized carbons (Fsp3) is 0.481. The van der Waals surface area contributed by atoms with Crippen LogP contribution < -0.4 is 14.2 Å². The third-order valence-corrected chi connectivity index (χ3v) is 5.96. The van der Waals surface area contributed by atoms with E-state index in [4.69, 9.17) is 14.2 Å². The Morgan fingerprint density at radius 3 is 2.47 bits per heavy atom. The standard InChI is InChI=1S/C27H36N2O5/c1-20(2)17-21-18-33-23-12-6-5-11-22(23)27(31)28(3)15-9-10-16-29(21)26(30)19-34-25-14-8-7-13-24(25)32-4/h5-8,11-14,20-21H,9-10,15-19H2,1-4H3/t21-/m0/s1. The van der Waals surface area contributed by atoms with E-state index in [0.29, 0.717) is 48.4 Å². The number of carbonyl (C=O) groups is 2. The van der Waals surface area contributed by atoms with Crippen LogP contribution in [-0.2, 0) is 4.79 Å². The lowest BCUT2D eigenvalue weighted by molar-refractivity contribution is -0.137. The monoisotopic (exact) mass is 468 g/mol. The smallest absolute Gasteiger partial charge is 0.260 e. The van der Waals surface area contributed by atoms with E-state index in [1.807, 2.05) is 35.2 Å². The number of ether oxygens (including phenoxy) is 3. The molecule has 1 atom stereocenters. The van der Waals surface area contributed by atoms with Gasteiger partial charge in [0.15, 0.2) is 18.1 Å². The number of amides is 2. The molecule has 0 bridgehead atoms. The number of rotatable bonds is 6. The molecule has 1 heterocycles. The summed E-state index contributed by atoms with van der Waals surface area (Å²) in [6, 6.07) is 14.5. The first kappa shape index (κ1) is 25.4. The molecule has 0 radical (unpaired) electrons. The molecule has 0 saturated carbocycles. The lowest BCUT2D eigenvalue weighted by atomic mass is 10.0. The molecular formula is C27H36N2O5. The normalized spacial score (nSPS) is 17.3. The van der Waals surface area contributed by atoms with E-state index in [9.17, 15) is 9.59 Å². The lowest BCUT2D eigenvalue weighted by Gasteiger charge is -2.34. The third kappa shape index (κ3) is 6.65. The van der Waals surface area contributed by atoms with Gasteiger partial charge in [0.05, 0.1) is 18.7 Å². The Bertz CT molecular complexity index is 962. The van der Waals surface area contributed by atoms with E-state index in [-0.39, 0.29) is 24.5 Å². The Kier molecular flexibility index (Phi) is 9.19. The molecule has 1 aliphatic rings. The molecule has 0 saturated heterocycles. The summed E-state index contributed by atoms with van der Waals surface area (Å²) in [4.78, 5) is 29.9. The number of benzene rings is 2. The van der Waals surface area contributed by atoms with E-state index in [1.165, 1.54) is 0 Å². The Labute approximate surface area is 202 Å². The van der Waals surface area contributed by atoms with Gasteiger partial charge in [-0.1, -0.05) is 38.1 Å². The van der Waals surface area contributed by atoms with Gasteiger partial charge in [0.2, 0.25) is 0 Å². The predicted octanol–water partition coefficient (Wildman–Crippen LogP) is 4.26. The molecule has 7 nitrogen and oxygen atoms in total. The Hall–Kier alpha value is -3.22. The highest BCUT2D eigenvalue weighted by atomic mass is 16.5. The van der Waals surface area contributed by atoms with Gasteiger partial charge in [-0.2, -0.15) is 0 Å². The van der Waals surface area contributed by atoms with Crippen molar-refractivity contribution in [3.63, 3.8) is 0 Å². The van der Waals surface area contributed by atoms with Crippen molar-refractivity contribution in [1.82, 2.24) is 9.80 Å². The largest absolute Gasteiger partial charge is 0.493 e. The summed E-state index contributed by atoms with van der Waals surface area (Å²) >= 11 is 0. The van der Waals surface area contributed by atoms with Gasteiger partial charge >= 0.3 is 0 Å². The molecule has 7 heteroatoms. The van der Waals surface area contributed by atoms with Gasteiger partial charge in [-0.15, -0.1) is 0 Å². The van der Waals surface area contributed by atoms with Crippen LogP contribution in [0.15, 0.2) is 48.5 Å². The molecule has 1 aliphatic heterocycles. The predicted molar refractivity (Wildman–Crippen MR) is 132 cm³/mol. The zero-order valence-corrected chi connectivity index (χ0v) is 20.7. The maximum absolute atomic E-state index is 13.4. The van der Waals surface area contributed by atoms with Crippen molar-refractivity contribution in [2.45, 2.75) is 39.2 Å². The minimum atomic E-state index is -0.130. The number of hydrogen-bond donors (Lipinski definition) is 0. The maximum Gasteiger partial charge on any atom is 0.260 e. The summed E-state index contributed by atoms with van der Waals surface area (Å²) in [5.41, 5.74) is 0.547. The van der Waals surface area contributed by atoms with Crippen LogP contribution in [0.3, 0.4) is 0 Å². The molecule has 2 amide bonds. The van der Waals surface area contributed by atoms with Crippen molar-refractivity contribution in [2.24, 2.45) is 5.92 Å². The number of nitrogens with zero attached hydrogens (tertiary/aromatic N) is 2. The Balaban J connectivity index is 1.82. The molecule has 0 aromatic heterocycles. The molecule has 0 spiro atoms. The molecule has 3 rings (SSSR count). The Morgan fingerprint density at radius 1 is 1.06 bits per heavy atom. The van der Waals surface area contributed by atoms with Gasteiger partial charge in [0, 0.05) is 20.1 Å². The highest BCUT2D eigenvalue weighted by molar-refractivity contribution is 5.96. The summed E-state index contributed by atoms with van der Waals surface area (Å²) < 4.78 is 17.4. The topological polar surface area (TPSA) is 68.3 Å². The van der Waals surface area contributed by atoms with E-state index in [2.05, 4.69) is 13.8 Å². The van der Waals surface area contributed by atoms with Crippen molar-refractivity contribution < 1.29 is 23.8 Å². The van der Waals surface area contributed by atoms with Crippen LogP contribution in [0, 0.1) is 5.92 Å². The van der Waals surface area contributed by atoms with Crippen LogP contribution in [0.25, 0.3) is 0 Å². The molecule has 34 heavy (non-hydrogen) atoms. The van der Waals surface area contributed by atoms with Crippen LogP contribution in [0.5, 0.6) is 17.2 Å². The minimum Gasteiger partial charge on any atom is -0.493 e. The first-order chi connectivity index (χ1) is 16.4. The van der Waals surface area contributed by atoms with E-state index >= 15 is 0 Å². The van der Waals surface area contributed by atoms with Gasteiger partial charge in [-0.05, 0) is 49.4 Å². The van der Waals surface area contributed by atoms with E-state index < -0.39 is 0 Å². The van der Waals surface area contributed by atoms with Crippen molar-refractivity contribution in [3.8, 4) is 17.2 Å². The number of carbonyl (C=O) groups excluding carboxylic acids is 2. The van der Waals surface area contributed by atoms with Gasteiger partial charge in [-0.25, -0.2) is 0 Å². The second-order valence-corrected chi connectivity index (χ2v) is 9.05. The fourth-order valence-electron chi connectivity index (χ4n) is 4.19. The second kappa shape index (κ2) is 12.3. The zero-order chi connectivity index (χ0) is 24.5. The summed E-state index contributed by atoms with van der Waals surface area (Å²) in [7, 11) is 3.38. The van der Waals surface area contributed by atoms with Crippen LogP contribution >= 0.6 is 0 Å². The minimum absolute atomic E-state index is 0.0466. The average Bonchev–Trinajstić information content (AvgIpc) is 2.84. The molecule has 184 valence electrons. The van der Waals surface area contributed by atoms with Gasteiger partial charge in [0.1, 0.15) is 12.4 Å². The lowest BCUT2D eigenvalue weighted by Crippen LogP contribution is -2.47. The van der Waals surface area contributed by atoms with Gasteiger partial charge in [0.25, 0.3) is 11.8 Å². The third-order valence-electron chi connectivity index (χ3n) is 5.96. The highest BCUT2D eigenvalue weighted by Crippen LogP contribution is 2.26. The van der Waals surface area contributed by atoms with Gasteiger partial charge < -0.3 is 24.0 Å². The number of fused-ring (bicyclic) bond motifs is 1. The summed E-state index contributed by atoms with van der Waals surface area (Å²) in [6.45, 7) is 5.70. The van der Waals surface area contributed by atoms with Gasteiger partial charge in [-0.3, -0.25) is 9.59 Å².